The smallest absolute Gasteiger partial charge is 0.197 e. The maximum atomic E-state index is 4.05. The van der Waals surface area contributed by atoms with Gasteiger partial charge in [0.1, 0.15) is 0 Å². The van der Waals surface area contributed by atoms with Crippen LogP contribution in [0.4, 0.5) is 11.4 Å². The van der Waals surface area contributed by atoms with Crippen molar-refractivity contribution in [2.45, 2.75) is 120 Å². The Hall–Kier alpha value is -6.01. The van der Waals surface area contributed by atoms with E-state index in [0.717, 1.165) is 17.8 Å². The van der Waals surface area contributed by atoms with E-state index >= 15 is 0 Å². The second kappa shape index (κ2) is 14.6. The molecule has 71 heavy (non-hydrogen) atoms. The van der Waals surface area contributed by atoms with Crippen molar-refractivity contribution in [2.24, 2.45) is 0 Å². The summed E-state index contributed by atoms with van der Waals surface area (Å²) < 4.78 is 5.33. The second-order valence-corrected chi connectivity index (χ2v) is 27.1. The van der Waals surface area contributed by atoms with Gasteiger partial charge < -0.3 is 9.88 Å². The van der Waals surface area contributed by atoms with E-state index in [1.807, 2.05) is 23.1 Å². The number of anilines is 2. The number of hydrogen-bond acceptors (Lipinski definition) is 3. The van der Waals surface area contributed by atoms with Crippen LogP contribution >= 0.6 is 23.1 Å². The molecule has 5 heteroatoms. The van der Waals surface area contributed by atoms with Crippen molar-refractivity contribution in [3.63, 3.8) is 0 Å². The van der Waals surface area contributed by atoms with Gasteiger partial charge in [-0.1, -0.05) is 153 Å². The molecule has 2 aliphatic carbocycles. The highest BCUT2D eigenvalue weighted by Gasteiger charge is 2.41. The maximum Gasteiger partial charge on any atom is 0.197 e. The molecule has 2 nitrogen and oxygen atoms in total. The monoisotopic (exact) mass is 955 g/mol. The molecule has 1 N–H and O–H groups in total. The molecule has 1 unspecified atom stereocenters. The van der Waals surface area contributed by atoms with Crippen LogP contribution in [0.25, 0.3) is 69.9 Å². The van der Waals surface area contributed by atoms with E-state index in [1.54, 1.807) is 0 Å². The van der Waals surface area contributed by atoms with Crippen molar-refractivity contribution < 1.29 is 0 Å². The average Bonchev–Trinajstić information content (AvgIpc) is 4.05. The molecule has 14 rings (SSSR count). The lowest BCUT2D eigenvalue weighted by Gasteiger charge is -2.41. The highest BCUT2D eigenvalue weighted by molar-refractivity contribution is 8.00. The second-order valence-electron chi connectivity index (χ2n) is 24.5. The first-order valence-corrected chi connectivity index (χ1v) is 27.5. The van der Waals surface area contributed by atoms with Gasteiger partial charge in [-0.05, 0) is 158 Å². The number of thiophene rings is 1. The van der Waals surface area contributed by atoms with Crippen molar-refractivity contribution in [3.05, 3.63) is 178 Å². The third-order valence-electron chi connectivity index (χ3n) is 17.6. The summed E-state index contributed by atoms with van der Waals surface area (Å²) in [4.78, 5) is 1.39. The van der Waals surface area contributed by atoms with Crippen LogP contribution in [0.5, 0.6) is 0 Å². The molecule has 1 atom stereocenters. The van der Waals surface area contributed by atoms with Crippen LogP contribution in [0, 0.1) is 0 Å². The van der Waals surface area contributed by atoms with E-state index < -0.39 is 0 Å². The first-order chi connectivity index (χ1) is 33.9. The van der Waals surface area contributed by atoms with E-state index in [4.69, 9.17) is 0 Å². The van der Waals surface area contributed by atoms with Gasteiger partial charge in [0.15, 0.2) is 7.28 Å². The van der Waals surface area contributed by atoms with Gasteiger partial charge in [0.25, 0.3) is 0 Å². The van der Waals surface area contributed by atoms with Crippen molar-refractivity contribution in [1.82, 2.24) is 4.57 Å². The molecule has 0 amide bonds. The third kappa shape index (κ3) is 6.34. The number of fused-ring (bicyclic) bond motifs is 13. The predicted molar refractivity (Wildman–Crippen MR) is 309 cm³/mol. The van der Waals surface area contributed by atoms with E-state index in [2.05, 4.69) is 226 Å². The molecule has 0 spiro atoms. The fourth-order valence-corrected chi connectivity index (χ4v) is 15.8. The number of aromatic nitrogens is 1. The number of nitrogens with zero attached hydrogens (tertiary/aromatic N) is 1. The molecule has 8 aromatic carbocycles. The fraction of sp³-hybridized carbons (Fsp3) is 0.273. The van der Waals surface area contributed by atoms with Gasteiger partial charge >= 0.3 is 0 Å². The number of hydrogen-bond donors (Lipinski definition) is 1. The summed E-state index contributed by atoms with van der Waals surface area (Å²) in [5.74, 6) is 0. The van der Waals surface area contributed by atoms with Crippen molar-refractivity contribution in [2.75, 3.05) is 5.32 Å². The van der Waals surface area contributed by atoms with E-state index in [0.29, 0.717) is 0 Å². The highest BCUT2D eigenvalue weighted by atomic mass is 32.2. The predicted octanol–water partition coefficient (Wildman–Crippen LogP) is 17.0. The Morgan fingerprint density at radius 1 is 0.577 bits per heavy atom. The van der Waals surface area contributed by atoms with Gasteiger partial charge in [-0.3, -0.25) is 0 Å². The third-order valence-corrected chi connectivity index (χ3v) is 20.1. The quantitative estimate of drug-likeness (QED) is 0.177. The first kappa shape index (κ1) is 43.8. The summed E-state index contributed by atoms with van der Waals surface area (Å²) in [6.45, 7) is 23.9. The van der Waals surface area contributed by atoms with Gasteiger partial charge in [-0.2, -0.15) is 0 Å². The van der Waals surface area contributed by atoms with Crippen molar-refractivity contribution in [3.8, 4) is 27.9 Å². The molecule has 4 aliphatic rings. The zero-order chi connectivity index (χ0) is 48.7. The molecular formula is C66H60BN2S2. The van der Waals surface area contributed by atoms with E-state index in [9.17, 15) is 0 Å². The standard InChI is InChI=1S/C66H60BN2S2/c1-62(2,3)38-20-22-40(23-21-38)68-54-31-48-47-30-51-52(64(6,7)27-26-63(51,4)5)34-59(47)70-58(48)32-45(54)42-24-25-43-46-29-44-41-18-14-15-19-49(41)65(8,9)50(44)33-55(46)69-56-35-57-37(28-53(56)67-60(42)61(43)69)36-66(10,71-57)39-16-12-11-13-17-39/h11-25,28-35,68H,26-27,36H2,1-10H3. The van der Waals surface area contributed by atoms with Gasteiger partial charge in [0.2, 0.25) is 0 Å². The largest absolute Gasteiger partial charge is 0.355 e. The fourth-order valence-electron chi connectivity index (χ4n) is 13.3. The molecule has 0 bridgehead atoms. The number of benzene rings is 8. The molecule has 2 aromatic heterocycles. The van der Waals surface area contributed by atoms with Gasteiger partial charge in [-0.15, -0.1) is 23.1 Å². The zero-order valence-corrected chi connectivity index (χ0v) is 44.4. The summed E-state index contributed by atoms with van der Waals surface area (Å²) in [5, 5.41) is 9.37. The molecule has 349 valence electrons. The summed E-state index contributed by atoms with van der Waals surface area (Å²) >= 11 is 4.00. The van der Waals surface area contributed by atoms with E-state index in [-0.39, 0.29) is 26.4 Å². The van der Waals surface area contributed by atoms with Crippen LogP contribution in [-0.2, 0) is 32.8 Å². The maximum absolute atomic E-state index is 4.05. The molecule has 4 heterocycles. The Kier molecular flexibility index (Phi) is 8.98. The lowest BCUT2D eigenvalue weighted by molar-refractivity contribution is 0.332. The first-order valence-electron chi connectivity index (χ1n) is 25.8. The molecular weight excluding hydrogens is 896 g/mol. The lowest BCUT2D eigenvalue weighted by atomic mass is 9.58. The van der Waals surface area contributed by atoms with Crippen molar-refractivity contribution >= 4 is 94.7 Å². The number of nitrogens with one attached hydrogen (secondary N) is 1. The molecule has 0 saturated heterocycles. The summed E-state index contributed by atoms with van der Waals surface area (Å²) in [6.07, 6.45) is 3.40. The average molecular weight is 956 g/mol. The van der Waals surface area contributed by atoms with Crippen LogP contribution < -0.4 is 16.2 Å². The number of thioether (sulfide) groups is 1. The van der Waals surface area contributed by atoms with Crippen LogP contribution in [0.3, 0.4) is 0 Å². The summed E-state index contributed by atoms with van der Waals surface area (Å²) in [5.41, 5.74) is 24.1. The lowest BCUT2D eigenvalue weighted by Crippen LogP contribution is -2.37. The van der Waals surface area contributed by atoms with E-state index in [1.165, 1.54) is 138 Å². The van der Waals surface area contributed by atoms with Crippen LogP contribution in [-0.4, -0.2) is 11.8 Å². The van der Waals surface area contributed by atoms with Crippen molar-refractivity contribution in [1.29, 1.82) is 0 Å². The molecule has 1 radical (unpaired) electrons. The minimum Gasteiger partial charge on any atom is -0.355 e. The SMILES string of the molecule is CC(C)(C)c1ccc(Nc2cc3c(cc2-c2ccc4c5cc6c(cc5n5c4c2[B]c2cc4c(cc2-5)SC(C)(c2ccccc2)C4)C(C)(C)c2ccccc2-6)sc2cc4c(cc23)C(C)(C)CCC4(C)C)cc1. The minimum atomic E-state index is -0.115. The highest BCUT2D eigenvalue weighted by Crippen LogP contribution is 2.55. The molecule has 2 aliphatic heterocycles. The van der Waals surface area contributed by atoms with Gasteiger partial charge in [0, 0.05) is 74.1 Å². The summed E-state index contributed by atoms with van der Waals surface area (Å²) in [6, 6.07) is 54.5. The van der Waals surface area contributed by atoms with Crippen LogP contribution in [0.15, 0.2) is 144 Å². The Bertz CT molecular complexity index is 3950. The Labute approximate surface area is 428 Å². The minimum absolute atomic E-state index is 0.0354. The summed E-state index contributed by atoms with van der Waals surface area (Å²) in [7, 11) is 2.54. The van der Waals surface area contributed by atoms with Gasteiger partial charge in [0.05, 0.1) is 5.52 Å². The van der Waals surface area contributed by atoms with Gasteiger partial charge in [-0.25, -0.2) is 0 Å². The Morgan fingerprint density at radius 3 is 2.04 bits per heavy atom. The van der Waals surface area contributed by atoms with Crippen LogP contribution in [0.2, 0.25) is 0 Å². The molecule has 0 saturated carbocycles. The Balaban J connectivity index is 1.03. The normalized spacial score (nSPS) is 18.8. The Morgan fingerprint density at radius 2 is 1.28 bits per heavy atom. The number of rotatable bonds is 4. The molecule has 10 aromatic rings. The zero-order valence-electron chi connectivity index (χ0n) is 42.7. The molecule has 0 fully saturated rings. The topological polar surface area (TPSA) is 17.0 Å². The van der Waals surface area contributed by atoms with Crippen LogP contribution in [0.1, 0.15) is 121 Å².